The number of anilines is 1. The molecule has 4 nitrogen and oxygen atoms in total. The van der Waals surface area contributed by atoms with E-state index in [-0.39, 0.29) is 29.0 Å². The van der Waals surface area contributed by atoms with Gasteiger partial charge in [0.25, 0.3) is 0 Å². The van der Waals surface area contributed by atoms with E-state index in [0.717, 1.165) is 68.4 Å². The lowest BCUT2D eigenvalue weighted by molar-refractivity contribution is -0.00526. The van der Waals surface area contributed by atoms with Crippen molar-refractivity contribution in [3.05, 3.63) is 29.1 Å². The van der Waals surface area contributed by atoms with Crippen LogP contribution in [0.3, 0.4) is 0 Å². The quantitative estimate of drug-likeness (QED) is 0.490. The van der Waals surface area contributed by atoms with E-state index in [1.807, 2.05) is 13.0 Å². The number of hydrogen-bond donors (Lipinski definition) is 0. The summed E-state index contributed by atoms with van der Waals surface area (Å²) in [6, 6.07) is 3.98. The maximum Gasteiger partial charge on any atom is 0.152 e. The first-order valence-corrected chi connectivity index (χ1v) is 12.7. The summed E-state index contributed by atoms with van der Waals surface area (Å²) >= 11 is 0. The number of unbranched alkanes of at least 4 members (excludes halogenated alkanes) is 4. The van der Waals surface area contributed by atoms with Gasteiger partial charge >= 0.3 is 0 Å². The van der Waals surface area contributed by atoms with Crippen molar-refractivity contribution in [2.45, 2.75) is 90.6 Å². The van der Waals surface area contributed by atoms with Gasteiger partial charge in [-0.25, -0.2) is 12.8 Å². The highest BCUT2D eigenvalue weighted by molar-refractivity contribution is 7.91. The Morgan fingerprint density at radius 2 is 1.66 bits per heavy atom. The van der Waals surface area contributed by atoms with Crippen molar-refractivity contribution in [3.63, 3.8) is 0 Å². The number of aryl methyl sites for hydroxylation is 1. The minimum atomic E-state index is -2.93. The van der Waals surface area contributed by atoms with Crippen LogP contribution in [0.25, 0.3) is 0 Å². The Bertz CT molecular complexity index is 754. The minimum absolute atomic E-state index is 0.0858. The van der Waals surface area contributed by atoms with Crippen LogP contribution in [0, 0.1) is 12.7 Å². The number of nitrogens with zero attached hydrogens (tertiary/aromatic N) is 1. The summed E-state index contributed by atoms with van der Waals surface area (Å²) in [6.07, 6.45) is 5.59. The van der Waals surface area contributed by atoms with E-state index in [9.17, 15) is 12.8 Å². The molecule has 166 valence electrons. The fourth-order valence-electron chi connectivity index (χ4n) is 4.03. The van der Waals surface area contributed by atoms with Crippen molar-refractivity contribution in [1.29, 1.82) is 0 Å². The van der Waals surface area contributed by atoms with E-state index in [0.29, 0.717) is 0 Å². The summed E-state index contributed by atoms with van der Waals surface area (Å²) in [5.74, 6) is 0.191. The third kappa shape index (κ3) is 6.95. The average Bonchev–Trinajstić information content (AvgIpc) is 2.63. The number of morpholine rings is 1. The first kappa shape index (κ1) is 24.1. The third-order valence-electron chi connectivity index (χ3n) is 5.79. The van der Waals surface area contributed by atoms with Gasteiger partial charge in [0.15, 0.2) is 9.84 Å². The standard InChI is InChI=1S/C23H38FNO3S/c1-17(2)29(26,27)14-10-8-6-7-9-11-21-12-13-22(20(5)23(21)24)25-15-18(3)28-19(4)16-25/h12-13,17-19H,6-11,14-16H2,1-5H3/t18-,19+. The van der Waals surface area contributed by atoms with Crippen LogP contribution in [-0.2, 0) is 21.0 Å². The molecule has 1 aromatic carbocycles. The van der Waals surface area contributed by atoms with Crippen LogP contribution in [-0.4, -0.2) is 44.7 Å². The second-order valence-electron chi connectivity index (χ2n) is 8.78. The Morgan fingerprint density at radius 1 is 1.07 bits per heavy atom. The van der Waals surface area contributed by atoms with Crippen molar-refractivity contribution < 1.29 is 17.5 Å². The van der Waals surface area contributed by atoms with E-state index in [1.54, 1.807) is 13.8 Å². The number of halogens is 1. The molecular weight excluding hydrogens is 389 g/mol. The van der Waals surface area contributed by atoms with Crippen molar-refractivity contribution in [2.24, 2.45) is 0 Å². The monoisotopic (exact) mass is 427 g/mol. The predicted molar refractivity (Wildman–Crippen MR) is 119 cm³/mol. The number of hydrogen-bond acceptors (Lipinski definition) is 4. The SMILES string of the molecule is Cc1c(N2C[C@@H](C)O[C@@H](C)C2)ccc(CCCCCCCS(=O)(=O)C(C)C)c1F. The molecule has 29 heavy (non-hydrogen) atoms. The molecule has 0 spiro atoms. The molecule has 2 rings (SSSR count). The molecule has 1 fully saturated rings. The maximum absolute atomic E-state index is 14.9. The summed E-state index contributed by atoms with van der Waals surface area (Å²) in [5, 5.41) is -0.291. The molecule has 0 bridgehead atoms. The average molecular weight is 428 g/mol. The summed E-state index contributed by atoms with van der Waals surface area (Å²) in [6.45, 7) is 11.0. The number of sulfone groups is 1. The van der Waals surface area contributed by atoms with E-state index in [1.165, 1.54) is 0 Å². The second kappa shape index (κ2) is 10.8. The summed E-state index contributed by atoms with van der Waals surface area (Å²) < 4.78 is 44.3. The molecule has 2 atom stereocenters. The minimum Gasteiger partial charge on any atom is -0.372 e. The molecule has 6 heteroatoms. The molecule has 1 aliphatic heterocycles. The van der Waals surface area contributed by atoms with Gasteiger partial charge in [-0.2, -0.15) is 0 Å². The highest BCUT2D eigenvalue weighted by Crippen LogP contribution is 2.28. The van der Waals surface area contributed by atoms with Gasteiger partial charge in [0, 0.05) is 24.3 Å². The van der Waals surface area contributed by atoms with Gasteiger partial charge in [0.1, 0.15) is 5.82 Å². The Balaban J connectivity index is 1.80. The van der Waals surface area contributed by atoms with Gasteiger partial charge < -0.3 is 9.64 Å². The molecule has 0 unspecified atom stereocenters. The smallest absolute Gasteiger partial charge is 0.152 e. The lowest BCUT2D eigenvalue weighted by atomic mass is 10.0. The second-order valence-corrected chi connectivity index (χ2v) is 11.5. The number of benzene rings is 1. The Kier molecular flexibility index (Phi) is 8.95. The van der Waals surface area contributed by atoms with Gasteiger partial charge in [-0.15, -0.1) is 0 Å². The molecule has 0 radical (unpaired) electrons. The Hall–Kier alpha value is -1.14. The highest BCUT2D eigenvalue weighted by atomic mass is 32.2. The molecule has 1 aromatic rings. The molecule has 1 aliphatic rings. The molecular formula is C23H38FNO3S. The molecule has 0 saturated carbocycles. The van der Waals surface area contributed by atoms with E-state index in [4.69, 9.17) is 4.74 Å². The van der Waals surface area contributed by atoms with Gasteiger partial charge in [-0.3, -0.25) is 0 Å². The van der Waals surface area contributed by atoms with Gasteiger partial charge in [-0.1, -0.05) is 25.3 Å². The first-order valence-electron chi connectivity index (χ1n) is 11.0. The van der Waals surface area contributed by atoms with Crippen LogP contribution >= 0.6 is 0 Å². The lowest BCUT2D eigenvalue weighted by Gasteiger charge is -2.37. The summed E-state index contributed by atoms with van der Waals surface area (Å²) in [4.78, 5) is 2.23. The molecule has 0 aromatic heterocycles. The van der Waals surface area contributed by atoms with Gasteiger partial charge in [0.05, 0.1) is 23.2 Å². The fraction of sp³-hybridized carbons (Fsp3) is 0.739. The molecule has 0 amide bonds. The number of ether oxygens (including phenoxy) is 1. The van der Waals surface area contributed by atoms with Crippen LogP contribution in [0.5, 0.6) is 0 Å². The fourth-order valence-corrected chi connectivity index (χ4v) is 5.10. The number of rotatable bonds is 10. The van der Waals surface area contributed by atoms with Gasteiger partial charge in [-0.05, 0) is 65.5 Å². The van der Waals surface area contributed by atoms with Crippen LogP contribution < -0.4 is 4.90 Å². The zero-order valence-corrected chi connectivity index (χ0v) is 19.5. The van der Waals surface area contributed by atoms with Crippen molar-refractivity contribution in [3.8, 4) is 0 Å². The predicted octanol–water partition coefficient (Wildman–Crippen LogP) is 5.06. The van der Waals surface area contributed by atoms with Crippen LogP contribution in [0.4, 0.5) is 10.1 Å². The molecule has 1 heterocycles. The van der Waals surface area contributed by atoms with E-state index < -0.39 is 9.84 Å². The maximum atomic E-state index is 14.9. The Labute approximate surface area is 176 Å². The highest BCUT2D eigenvalue weighted by Gasteiger charge is 2.24. The third-order valence-corrected chi connectivity index (χ3v) is 8.09. The molecule has 1 saturated heterocycles. The summed E-state index contributed by atoms with van der Waals surface area (Å²) in [5.41, 5.74) is 2.48. The topological polar surface area (TPSA) is 46.6 Å². The van der Waals surface area contributed by atoms with Crippen molar-refractivity contribution in [2.75, 3.05) is 23.7 Å². The largest absolute Gasteiger partial charge is 0.372 e. The zero-order chi connectivity index (χ0) is 21.6. The van der Waals surface area contributed by atoms with E-state index in [2.05, 4.69) is 24.8 Å². The van der Waals surface area contributed by atoms with Crippen LogP contribution in [0.2, 0.25) is 0 Å². The van der Waals surface area contributed by atoms with Crippen LogP contribution in [0.15, 0.2) is 12.1 Å². The first-order chi connectivity index (χ1) is 13.6. The molecule has 0 aliphatic carbocycles. The van der Waals surface area contributed by atoms with Crippen molar-refractivity contribution in [1.82, 2.24) is 0 Å². The lowest BCUT2D eigenvalue weighted by Crippen LogP contribution is -2.45. The van der Waals surface area contributed by atoms with Crippen molar-refractivity contribution >= 4 is 15.5 Å². The van der Waals surface area contributed by atoms with E-state index >= 15 is 0 Å². The summed E-state index contributed by atoms with van der Waals surface area (Å²) in [7, 11) is -2.93. The van der Waals surface area contributed by atoms with Gasteiger partial charge in [0.2, 0.25) is 0 Å². The Morgan fingerprint density at radius 3 is 2.28 bits per heavy atom. The normalized spacial score (nSPS) is 20.4. The zero-order valence-electron chi connectivity index (χ0n) is 18.7. The van der Waals surface area contributed by atoms with Crippen LogP contribution in [0.1, 0.15) is 70.9 Å². The molecule has 0 N–H and O–H groups in total.